The molecule has 1 saturated heterocycles. The largest absolute Gasteiger partial charge is 0.301 e. The number of hydrogen-bond acceptors (Lipinski definition) is 3. The van der Waals surface area contributed by atoms with Crippen molar-refractivity contribution in [1.29, 1.82) is 5.26 Å². The summed E-state index contributed by atoms with van der Waals surface area (Å²) in [4.78, 5) is 5.02. The molecule has 0 amide bonds. The molecule has 0 aromatic carbocycles. The Bertz CT molecular complexity index is 288. The SMILES string of the molecule is CN1CCC(C)(C)N(C2CC2)CC1CC#N. The van der Waals surface area contributed by atoms with E-state index in [-0.39, 0.29) is 0 Å². The van der Waals surface area contributed by atoms with E-state index in [2.05, 4.69) is 36.8 Å². The summed E-state index contributed by atoms with van der Waals surface area (Å²) in [5.74, 6) is 0. The number of nitrogens with zero attached hydrogens (tertiary/aromatic N) is 3. The first kappa shape index (κ1) is 11.9. The van der Waals surface area contributed by atoms with Gasteiger partial charge in [0.25, 0.3) is 0 Å². The van der Waals surface area contributed by atoms with Crippen molar-refractivity contribution in [3.05, 3.63) is 0 Å². The molecule has 3 heteroatoms. The molecular weight excluding hydrogens is 198 g/mol. The highest BCUT2D eigenvalue weighted by molar-refractivity contribution is 4.99. The predicted octanol–water partition coefficient (Wildman–Crippen LogP) is 1.85. The fourth-order valence-corrected chi connectivity index (χ4v) is 2.74. The van der Waals surface area contributed by atoms with Crippen molar-refractivity contribution in [1.82, 2.24) is 9.80 Å². The van der Waals surface area contributed by atoms with Crippen LogP contribution in [0.15, 0.2) is 0 Å². The van der Waals surface area contributed by atoms with Gasteiger partial charge in [0.2, 0.25) is 0 Å². The maximum absolute atomic E-state index is 8.90. The average Bonchev–Trinajstić information content (AvgIpc) is 3.03. The molecule has 3 nitrogen and oxygen atoms in total. The summed E-state index contributed by atoms with van der Waals surface area (Å²) in [5.41, 5.74) is 0.305. The molecule has 0 N–H and O–H groups in total. The van der Waals surface area contributed by atoms with Crippen LogP contribution in [0.5, 0.6) is 0 Å². The Morgan fingerprint density at radius 3 is 2.62 bits per heavy atom. The van der Waals surface area contributed by atoms with Crippen LogP contribution < -0.4 is 0 Å². The molecule has 0 spiro atoms. The standard InChI is InChI=1S/C13H23N3/c1-13(2)7-9-15(3)12(6-8-14)10-16(13)11-4-5-11/h11-12H,4-7,9-10H2,1-3H3. The van der Waals surface area contributed by atoms with Crippen LogP contribution in [0.2, 0.25) is 0 Å². The molecule has 2 rings (SSSR count). The van der Waals surface area contributed by atoms with Crippen LogP contribution >= 0.6 is 0 Å². The lowest BCUT2D eigenvalue weighted by atomic mass is 9.98. The van der Waals surface area contributed by atoms with Crippen LogP contribution in [-0.4, -0.2) is 47.6 Å². The van der Waals surface area contributed by atoms with Gasteiger partial charge in [-0.15, -0.1) is 0 Å². The Labute approximate surface area is 99.0 Å². The van der Waals surface area contributed by atoms with Gasteiger partial charge in [0.15, 0.2) is 0 Å². The van der Waals surface area contributed by atoms with Gasteiger partial charge in [-0.25, -0.2) is 0 Å². The molecule has 0 aromatic heterocycles. The highest BCUT2D eigenvalue weighted by atomic mass is 15.3. The van der Waals surface area contributed by atoms with E-state index in [1.807, 2.05) is 0 Å². The van der Waals surface area contributed by atoms with Crippen molar-refractivity contribution in [2.24, 2.45) is 0 Å². The van der Waals surface area contributed by atoms with E-state index in [9.17, 15) is 0 Å². The van der Waals surface area contributed by atoms with Crippen LogP contribution in [0, 0.1) is 11.3 Å². The van der Waals surface area contributed by atoms with Crippen molar-refractivity contribution in [2.75, 3.05) is 20.1 Å². The maximum Gasteiger partial charge on any atom is 0.0638 e. The zero-order valence-electron chi connectivity index (χ0n) is 10.7. The predicted molar refractivity (Wildman–Crippen MR) is 65.1 cm³/mol. The van der Waals surface area contributed by atoms with Crippen LogP contribution in [0.25, 0.3) is 0 Å². The number of rotatable bonds is 2. The van der Waals surface area contributed by atoms with Crippen molar-refractivity contribution in [2.45, 2.75) is 57.2 Å². The van der Waals surface area contributed by atoms with E-state index in [0.717, 1.165) is 19.1 Å². The summed E-state index contributed by atoms with van der Waals surface area (Å²) in [6.07, 6.45) is 4.58. The molecule has 1 unspecified atom stereocenters. The molecule has 0 bridgehead atoms. The van der Waals surface area contributed by atoms with E-state index in [4.69, 9.17) is 5.26 Å². The quantitative estimate of drug-likeness (QED) is 0.713. The molecule has 16 heavy (non-hydrogen) atoms. The second-order valence-electron chi connectivity index (χ2n) is 5.94. The molecular formula is C13H23N3. The summed E-state index contributed by atoms with van der Waals surface area (Å²) in [6.45, 7) is 6.89. The highest BCUT2D eigenvalue weighted by Gasteiger charge is 2.41. The number of hydrogen-bond donors (Lipinski definition) is 0. The first-order chi connectivity index (χ1) is 7.54. The van der Waals surface area contributed by atoms with Gasteiger partial charge in [-0.05, 0) is 46.7 Å². The lowest BCUT2D eigenvalue weighted by Gasteiger charge is -2.38. The zero-order chi connectivity index (χ0) is 11.8. The first-order valence-corrected chi connectivity index (χ1v) is 6.38. The highest BCUT2D eigenvalue weighted by Crippen LogP contribution is 2.36. The third-order valence-corrected chi connectivity index (χ3v) is 4.20. The molecule has 1 atom stereocenters. The monoisotopic (exact) mass is 221 g/mol. The molecule has 2 aliphatic rings. The third kappa shape index (κ3) is 2.39. The topological polar surface area (TPSA) is 30.3 Å². The van der Waals surface area contributed by atoms with Gasteiger partial charge in [-0.3, -0.25) is 4.90 Å². The first-order valence-electron chi connectivity index (χ1n) is 6.38. The Kier molecular flexibility index (Phi) is 3.23. The van der Waals surface area contributed by atoms with E-state index in [1.165, 1.54) is 19.3 Å². The summed E-state index contributed by atoms with van der Waals surface area (Å²) >= 11 is 0. The zero-order valence-corrected chi connectivity index (χ0v) is 10.7. The van der Waals surface area contributed by atoms with Crippen molar-refractivity contribution >= 4 is 0 Å². The molecule has 1 aliphatic heterocycles. The summed E-state index contributed by atoms with van der Waals surface area (Å²) < 4.78 is 0. The Morgan fingerprint density at radius 1 is 1.38 bits per heavy atom. The second kappa shape index (κ2) is 4.35. The lowest BCUT2D eigenvalue weighted by Crippen LogP contribution is -2.47. The Balaban J connectivity index is 2.11. The van der Waals surface area contributed by atoms with Gasteiger partial charge in [0.1, 0.15) is 0 Å². The van der Waals surface area contributed by atoms with Gasteiger partial charge in [-0.1, -0.05) is 0 Å². The minimum Gasteiger partial charge on any atom is -0.301 e. The van der Waals surface area contributed by atoms with Crippen molar-refractivity contribution in [3.63, 3.8) is 0 Å². The Hall–Kier alpha value is -0.590. The fraction of sp³-hybridized carbons (Fsp3) is 0.923. The van der Waals surface area contributed by atoms with E-state index >= 15 is 0 Å². The number of nitriles is 1. The van der Waals surface area contributed by atoms with Gasteiger partial charge in [0.05, 0.1) is 12.5 Å². The maximum atomic E-state index is 8.90. The van der Waals surface area contributed by atoms with Gasteiger partial charge < -0.3 is 4.90 Å². The molecule has 1 aliphatic carbocycles. The normalized spacial score (nSPS) is 32.0. The fourth-order valence-electron chi connectivity index (χ4n) is 2.74. The van der Waals surface area contributed by atoms with Gasteiger partial charge in [0, 0.05) is 24.2 Å². The summed E-state index contributed by atoms with van der Waals surface area (Å²) in [7, 11) is 2.16. The van der Waals surface area contributed by atoms with E-state index in [0.29, 0.717) is 18.0 Å². The minimum absolute atomic E-state index is 0.305. The summed E-state index contributed by atoms with van der Waals surface area (Å²) in [6, 6.07) is 3.55. The average molecular weight is 221 g/mol. The smallest absolute Gasteiger partial charge is 0.0638 e. The second-order valence-corrected chi connectivity index (χ2v) is 5.94. The van der Waals surface area contributed by atoms with Crippen LogP contribution in [0.4, 0.5) is 0 Å². The van der Waals surface area contributed by atoms with Crippen LogP contribution in [-0.2, 0) is 0 Å². The van der Waals surface area contributed by atoms with Gasteiger partial charge >= 0.3 is 0 Å². The van der Waals surface area contributed by atoms with E-state index in [1.54, 1.807) is 0 Å². The van der Waals surface area contributed by atoms with Crippen LogP contribution in [0.3, 0.4) is 0 Å². The van der Waals surface area contributed by atoms with E-state index < -0.39 is 0 Å². The lowest BCUT2D eigenvalue weighted by molar-refractivity contribution is 0.106. The molecule has 0 aromatic rings. The minimum atomic E-state index is 0.305. The molecule has 0 radical (unpaired) electrons. The molecule has 1 heterocycles. The van der Waals surface area contributed by atoms with Crippen molar-refractivity contribution < 1.29 is 0 Å². The molecule has 2 fully saturated rings. The molecule has 1 saturated carbocycles. The molecule has 90 valence electrons. The van der Waals surface area contributed by atoms with Crippen LogP contribution in [0.1, 0.15) is 39.5 Å². The third-order valence-electron chi connectivity index (χ3n) is 4.20. The Morgan fingerprint density at radius 2 is 2.06 bits per heavy atom. The van der Waals surface area contributed by atoms with Gasteiger partial charge in [-0.2, -0.15) is 5.26 Å². The van der Waals surface area contributed by atoms with Crippen molar-refractivity contribution in [3.8, 4) is 6.07 Å². The number of likely N-dealkylation sites (N-methyl/N-ethyl adjacent to an activating group) is 1. The summed E-state index contributed by atoms with van der Waals surface area (Å²) in [5, 5.41) is 8.90.